The minimum atomic E-state index is -0.830. The molecule has 1 saturated carbocycles. The zero-order valence-corrected chi connectivity index (χ0v) is 11.3. The van der Waals surface area contributed by atoms with Gasteiger partial charge in [0.05, 0.1) is 0 Å². The topological polar surface area (TPSA) is 78.4 Å². The molecule has 1 rings (SSSR count). The Kier molecular flexibility index (Phi) is 5.44. The normalized spacial score (nSPS) is 15.2. The Labute approximate surface area is 108 Å². The number of urea groups is 1. The zero-order chi connectivity index (χ0) is 13.6. The van der Waals surface area contributed by atoms with Crippen molar-refractivity contribution < 1.29 is 14.7 Å². The molecule has 0 aromatic heterocycles. The summed E-state index contributed by atoms with van der Waals surface area (Å²) in [6, 6.07) is -0.202. The monoisotopic (exact) mass is 256 g/mol. The van der Waals surface area contributed by atoms with Gasteiger partial charge in [-0.25, -0.2) is 4.79 Å². The third-order valence-corrected chi connectivity index (χ3v) is 3.59. The second kappa shape index (κ2) is 6.61. The van der Waals surface area contributed by atoms with Gasteiger partial charge in [-0.3, -0.25) is 4.79 Å². The average molecular weight is 256 g/mol. The Bertz CT molecular complexity index is 299. The molecule has 1 fully saturated rings. The van der Waals surface area contributed by atoms with Crippen molar-refractivity contribution in [1.29, 1.82) is 0 Å². The quantitative estimate of drug-likeness (QED) is 0.581. The Morgan fingerprint density at radius 3 is 2.39 bits per heavy atom. The first kappa shape index (κ1) is 14.8. The van der Waals surface area contributed by atoms with Crippen molar-refractivity contribution in [3.63, 3.8) is 0 Å². The molecule has 0 aromatic carbocycles. The molecule has 104 valence electrons. The van der Waals surface area contributed by atoms with Crippen LogP contribution in [0.4, 0.5) is 4.79 Å². The first-order chi connectivity index (χ1) is 8.42. The van der Waals surface area contributed by atoms with E-state index in [0.717, 1.165) is 12.3 Å². The number of carboxylic acids is 1. The van der Waals surface area contributed by atoms with Gasteiger partial charge in [0.15, 0.2) is 0 Å². The molecular weight excluding hydrogens is 232 g/mol. The van der Waals surface area contributed by atoms with E-state index in [4.69, 9.17) is 5.11 Å². The molecule has 0 spiro atoms. The van der Waals surface area contributed by atoms with Crippen LogP contribution in [-0.4, -0.2) is 30.2 Å². The molecule has 0 unspecified atom stereocenters. The molecule has 3 N–H and O–H groups in total. The van der Waals surface area contributed by atoms with Crippen LogP contribution in [-0.2, 0) is 4.79 Å². The van der Waals surface area contributed by atoms with Crippen molar-refractivity contribution in [2.75, 3.05) is 13.1 Å². The van der Waals surface area contributed by atoms with E-state index < -0.39 is 5.97 Å². The van der Waals surface area contributed by atoms with E-state index in [-0.39, 0.29) is 12.5 Å². The van der Waals surface area contributed by atoms with Gasteiger partial charge in [0.25, 0.3) is 0 Å². The number of hydrogen-bond acceptors (Lipinski definition) is 2. The fraction of sp³-hybridized carbons (Fsp3) is 0.846. The minimum Gasteiger partial charge on any atom is -0.481 e. The molecule has 5 heteroatoms. The molecule has 18 heavy (non-hydrogen) atoms. The summed E-state index contributed by atoms with van der Waals surface area (Å²) in [5.74, 6) is -0.0127. The van der Waals surface area contributed by atoms with E-state index in [1.165, 1.54) is 12.8 Å². The molecule has 2 amide bonds. The standard InChI is InChI=1S/C13H24N2O3/c1-13(2,10-5-6-10)7-9-15-12(18)14-8-3-4-11(16)17/h10H,3-9H2,1-2H3,(H,16,17)(H2,14,15,18). The molecule has 1 aliphatic rings. The molecule has 0 saturated heterocycles. The van der Waals surface area contributed by atoms with E-state index in [1.54, 1.807) is 0 Å². The largest absolute Gasteiger partial charge is 0.481 e. The summed E-state index contributed by atoms with van der Waals surface area (Å²) in [7, 11) is 0. The van der Waals surface area contributed by atoms with E-state index in [2.05, 4.69) is 24.5 Å². The van der Waals surface area contributed by atoms with Crippen molar-refractivity contribution in [2.24, 2.45) is 11.3 Å². The van der Waals surface area contributed by atoms with Gasteiger partial charge < -0.3 is 15.7 Å². The highest BCUT2D eigenvalue weighted by Gasteiger charge is 2.36. The molecular formula is C13H24N2O3. The van der Waals surface area contributed by atoms with Gasteiger partial charge in [-0.15, -0.1) is 0 Å². The maximum absolute atomic E-state index is 11.4. The zero-order valence-electron chi connectivity index (χ0n) is 11.3. The van der Waals surface area contributed by atoms with Gasteiger partial charge in [0, 0.05) is 19.5 Å². The fourth-order valence-corrected chi connectivity index (χ4v) is 2.07. The van der Waals surface area contributed by atoms with E-state index in [0.29, 0.717) is 24.9 Å². The van der Waals surface area contributed by atoms with Crippen LogP contribution in [0.5, 0.6) is 0 Å². The summed E-state index contributed by atoms with van der Waals surface area (Å²) in [6.07, 6.45) is 4.17. The summed E-state index contributed by atoms with van der Waals surface area (Å²) in [6.45, 7) is 5.58. The van der Waals surface area contributed by atoms with Crippen LogP contribution >= 0.6 is 0 Å². The number of carboxylic acid groups (broad SMARTS) is 1. The summed E-state index contributed by atoms with van der Waals surface area (Å²) in [5.41, 5.74) is 0.316. The molecule has 0 radical (unpaired) electrons. The number of carbonyl (C=O) groups excluding carboxylic acids is 1. The van der Waals surface area contributed by atoms with Gasteiger partial charge >= 0.3 is 12.0 Å². The Morgan fingerprint density at radius 1 is 1.22 bits per heavy atom. The number of aliphatic carboxylic acids is 1. The highest BCUT2D eigenvalue weighted by molar-refractivity contribution is 5.73. The Morgan fingerprint density at radius 2 is 1.83 bits per heavy atom. The second-order valence-electron chi connectivity index (χ2n) is 5.69. The van der Waals surface area contributed by atoms with E-state index in [1.807, 2.05) is 0 Å². The van der Waals surface area contributed by atoms with Crippen LogP contribution in [0.15, 0.2) is 0 Å². The van der Waals surface area contributed by atoms with E-state index >= 15 is 0 Å². The molecule has 0 aliphatic heterocycles. The molecule has 5 nitrogen and oxygen atoms in total. The van der Waals surface area contributed by atoms with E-state index in [9.17, 15) is 9.59 Å². The van der Waals surface area contributed by atoms with Gasteiger partial charge in [0.2, 0.25) is 0 Å². The number of carbonyl (C=O) groups is 2. The third-order valence-electron chi connectivity index (χ3n) is 3.59. The summed E-state index contributed by atoms with van der Waals surface area (Å²) >= 11 is 0. The Hall–Kier alpha value is -1.26. The lowest BCUT2D eigenvalue weighted by molar-refractivity contribution is -0.137. The first-order valence-electron chi connectivity index (χ1n) is 6.65. The average Bonchev–Trinajstić information content (AvgIpc) is 3.07. The lowest BCUT2D eigenvalue weighted by Gasteiger charge is -2.24. The molecule has 0 bridgehead atoms. The predicted octanol–water partition coefficient (Wildman–Crippen LogP) is 1.98. The van der Waals surface area contributed by atoms with Crippen LogP contribution in [0, 0.1) is 11.3 Å². The molecule has 1 aliphatic carbocycles. The number of amides is 2. The number of nitrogens with one attached hydrogen (secondary N) is 2. The van der Waals surface area contributed by atoms with Crippen LogP contribution in [0.25, 0.3) is 0 Å². The summed E-state index contributed by atoms with van der Waals surface area (Å²) in [5, 5.41) is 13.9. The van der Waals surface area contributed by atoms with Gasteiger partial charge in [-0.1, -0.05) is 13.8 Å². The van der Waals surface area contributed by atoms with Crippen molar-refractivity contribution >= 4 is 12.0 Å². The Balaban J connectivity index is 2.01. The molecule has 0 aromatic rings. The highest BCUT2D eigenvalue weighted by atomic mass is 16.4. The second-order valence-corrected chi connectivity index (χ2v) is 5.69. The fourth-order valence-electron chi connectivity index (χ4n) is 2.07. The van der Waals surface area contributed by atoms with Crippen molar-refractivity contribution in [1.82, 2.24) is 10.6 Å². The molecule has 0 atom stereocenters. The van der Waals surface area contributed by atoms with Crippen LogP contribution < -0.4 is 10.6 Å². The highest BCUT2D eigenvalue weighted by Crippen LogP contribution is 2.46. The van der Waals surface area contributed by atoms with Crippen LogP contribution in [0.2, 0.25) is 0 Å². The predicted molar refractivity (Wildman–Crippen MR) is 69.4 cm³/mol. The SMILES string of the molecule is CC(C)(CCNC(=O)NCCCC(=O)O)C1CC1. The third kappa shape index (κ3) is 5.89. The maximum Gasteiger partial charge on any atom is 0.314 e. The maximum atomic E-state index is 11.4. The molecule has 0 heterocycles. The first-order valence-corrected chi connectivity index (χ1v) is 6.65. The van der Waals surface area contributed by atoms with Gasteiger partial charge in [-0.05, 0) is 37.0 Å². The number of hydrogen-bond donors (Lipinski definition) is 3. The smallest absolute Gasteiger partial charge is 0.314 e. The van der Waals surface area contributed by atoms with Gasteiger partial charge in [-0.2, -0.15) is 0 Å². The van der Waals surface area contributed by atoms with Crippen LogP contribution in [0.3, 0.4) is 0 Å². The van der Waals surface area contributed by atoms with Crippen molar-refractivity contribution in [3.05, 3.63) is 0 Å². The van der Waals surface area contributed by atoms with Crippen molar-refractivity contribution in [3.8, 4) is 0 Å². The lowest BCUT2D eigenvalue weighted by atomic mass is 9.84. The van der Waals surface area contributed by atoms with Crippen molar-refractivity contribution in [2.45, 2.75) is 46.0 Å². The summed E-state index contributed by atoms with van der Waals surface area (Å²) < 4.78 is 0. The lowest BCUT2D eigenvalue weighted by Crippen LogP contribution is -2.38. The minimum absolute atomic E-state index is 0.0923. The van der Waals surface area contributed by atoms with Crippen LogP contribution in [0.1, 0.15) is 46.0 Å². The van der Waals surface area contributed by atoms with Gasteiger partial charge in [0.1, 0.15) is 0 Å². The summed E-state index contributed by atoms with van der Waals surface area (Å²) in [4.78, 5) is 21.7. The number of rotatable bonds is 8.